The first kappa shape index (κ1) is 10.8. The number of carbonyl (C=O) groups is 1. The highest BCUT2D eigenvalue weighted by Gasteiger charge is 2.29. The van der Waals surface area contributed by atoms with E-state index < -0.39 is 0 Å². The monoisotopic (exact) mass is 204 g/mol. The van der Waals surface area contributed by atoms with Crippen LogP contribution in [0.5, 0.6) is 0 Å². The van der Waals surface area contributed by atoms with Crippen molar-refractivity contribution in [2.45, 2.75) is 19.3 Å². The molecule has 1 aliphatic heterocycles. The van der Waals surface area contributed by atoms with Gasteiger partial charge in [-0.25, -0.2) is 0 Å². The quantitative estimate of drug-likeness (QED) is 0.680. The van der Waals surface area contributed by atoms with Gasteiger partial charge in [0.1, 0.15) is 0 Å². The van der Waals surface area contributed by atoms with Crippen LogP contribution in [0.3, 0.4) is 0 Å². The number of amides is 1. The normalized spacial score (nSPS) is 23.2. The lowest BCUT2D eigenvalue weighted by molar-refractivity contribution is -0.138. The van der Waals surface area contributed by atoms with Gasteiger partial charge in [-0.3, -0.25) is 4.79 Å². The highest BCUT2D eigenvalue weighted by atomic mass is 35.5. The highest BCUT2D eigenvalue weighted by molar-refractivity contribution is 5.85. The molecule has 0 atom stereocenters. The van der Waals surface area contributed by atoms with E-state index in [0.717, 1.165) is 39.0 Å². The van der Waals surface area contributed by atoms with Crippen molar-refractivity contribution >= 4 is 18.3 Å². The maximum absolute atomic E-state index is 11.7. The van der Waals surface area contributed by atoms with Gasteiger partial charge in [0.15, 0.2) is 0 Å². The molecule has 3 nitrogen and oxygen atoms in total. The molecule has 76 valence electrons. The number of hydrogen-bond donors (Lipinski definition) is 1. The third kappa shape index (κ3) is 2.35. The molecule has 0 unspecified atom stereocenters. The molecular formula is C9H17ClN2O. The summed E-state index contributed by atoms with van der Waals surface area (Å²) in [5.74, 6) is 0.783. The Morgan fingerprint density at radius 1 is 1.23 bits per heavy atom. The van der Waals surface area contributed by atoms with E-state index in [0.29, 0.717) is 11.8 Å². The van der Waals surface area contributed by atoms with E-state index in [-0.39, 0.29) is 12.4 Å². The first-order valence-electron chi connectivity index (χ1n) is 4.87. The maximum atomic E-state index is 11.7. The molecule has 1 heterocycles. The van der Waals surface area contributed by atoms with Crippen LogP contribution in [0, 0.1) is 5.92 Å². The van der Waals surface area contributed by atoms with Crippen LogP contribution in [0.15, 0.2) is 0 Å². The van der Waals surface area contributed by atoms with Crippen LogP contribution >= 0.6 is 12.4 Å². The van der Waals surface area contributed by atoms with Crippen molar-refractivity contribution in [3.63, 3.8) is 0 Å². The van der Waals surface area contributed by atoms with Gasteiger partial charge in [-0.05, 0) is 12.8 Å². The molecule has 0 bridgehead atoms. The molecule has 1 N–H and O–H groups in total. The van der Waals surface area contributed by atoms with Crippen molar-refractivity contribution in [3.8, 4) is 0 Å². The standard InChI is InChI=1S/C9H16N2O.ClH/c12-9(8-2-1-3-8)11-6-4-10-5-7-11;/h8,10H,1-7H2;1H. The van der Waals surface area contributed by atoms with Crippen LogP contribution in [-0.2, 0) is 4.79 Å². The van der Waals surface area contributed by atoms with Crippen molar-refractivity contribution in [1.29, 1.82) is 0 Å². The van der Waals surface area contributed by atoms with E-state index in [1.54, 1.807) is 0 Å². The molecule has 13 heavy (non-hydrogen) atoms. The summed E-state index contributed by atoms with van der Waals surface area (Å²) in [5.41, 5.74) is 0. The van der Waals surface area contributed by atoms with Crippen molar-refractivity contribution in [2.75, 3.05) is 26.2 Å². The van der Waals surface area contributed by atoms with E-state index in [4.69, 9.17) is 0 Å². The lowest BCUT2D eigenvalue weighted by Crippen LogP contribution is -2.49. The molecule has 0 radical (unpaired) electrons. The molecule has 1 saturated heterocycles. The Balaban J connectivity index is 0.000000845. The van der Waals surface area contributed by atoms with E-state index >= 15 is 0 Å². The van der Waals surface area contributed by atoms with Crippen molar-refractivity contribution < 1.29 is 4.79 Å². The average Bonchev–Trinajstić information content (AvgIpc) is 2.03. The van der Waals surface area contributed by atoms with Crippen molar-refractivity contribution in [2.24, 2.45) is 5.92 Å². The first-order valence-corrected chi connectivity index (χ1v) is 4.87. The van der Waals surface area contributed by atoms with Gasteiger partial charge in [0.25, 0.3) is 0 Å². The molecule has 2 fully saturated rings. The van der Waals surface area contributed by atoms with Gasteiger partial charge in [-0.1, -0.05) is 6.42 Å². The Labute approximate surface area is 85.3 Å². The van der Waals surface area contributed by atoms with Crippen LogP contribution in [0.25, 0.3) is 0 Å². The second kappa shape index (κ2) is 4.82. The summed E-state index contributed by atoms with van der Waals surface area (Å²) in [6.45, 7) is 3.77. The van der Waals surface area contributed by atoms with E-state index in [2.05, 4.69) is 5.32 Å². The Bertz CT molecular complexity index is 176. The minimum atomic E-state index is 0. The largest absolute Gasteiger partial charge is 0.340 e. The predicted octanol–water partition coefficient (Wildman–Crippen LogP) is 0.640. The number of hydrogen-bond acceptors (Lipinski definition) is 2. The highest BCUT2D eigenvalue weighted by Crippen LogP contribution is 2.28. The number of halogens is 1. The van der Waals surface area contributed by atoms with Crippen molar-refractivity contribution in [1.82, 2.24) is 10.2 Å². The van der Waals surface area contributed by atoms with Gasteiger partial charge >= 0.3 is 0 Å². The lowest BCUT2D eigenvalue weighted by atomic mass is 9.84. The summed E-state index contributed by atoms with van der Waals surface area (Å²) < 4.78 is 0. The average molecular weight is 205 g/mol. The van der Waals surface area contributed by atoms with E-state index in [1.165, 1.54) is 6.42 Å². The predicted molar refractivity (Wildman–Crippen MR) is 54.0 cm³/mol. The number of nitrogens with zero attached hydrogens (tertiary/aromatic N) is 1. The molecule has 0 aromatic carbocycles. The van der Waals surface area contributed by atoms with Gasteiger partial charge < -0.3 is 10.2 Å². The molecule has 0 spiro atoms. The molecule has 4 heteroatoms. The second-order valence-corrected chi connectivity index (χ2v) is 3.70. The van der Waals surface area contributed by atoms with Gasteiger partial charge in [-0.15, -0.1) is 12.4 Å². The Morgan fingerprint density at radius 3 is 2.31 bits per heavy atom. The zero-order valence-corrected chi connectivity index (χ0v) is 8.61. The van der Waals surface area contributed by atoms with Gasteiger partial charge in [0, 0.05) is 32.1 Å². The number of piperazine rings is 1. The Morgan fingerprint density at radius 2 is 1.85 bits per heavy atom. The molecule has 0 aromatic rings. The topological polar surface area (TPSA) is 32.3 Å². The summed E-state index contributed by atoms with van der Waals surface area (Å²) in [7, 11) is 0. The Kier molecular flexibility index (Phi) is 4.00. The van der Waals surface area contributed by atoms with Crippen LogP contribution < -0.4 is 5.32 Å². The van der Waals surface area contributed by atoms with Crippen LogP contribution in [0.2, 0.25) is 0 Å². The molecule has 0 aromatic heterocycles. The third-order valence-corrected chi connectivity index (χ3v) is 2.88. The second-order valence-electron chi connectivity index (χ2n) is 3.70. The molecule has 1 saturated carbocycles. The maximum Gasteiger partial charge on any atom is 0.225 e. The minimum Gasteiger partial charge on any atom is -0.340 e. The third-order valence-electron chi connectivity index (χ3n) is 2.88. The smallest absolute Gasteiger partial charge is 0.225 e. The summed E-state index contributed by atoms with van der Waals surface area (Å²) in [6.07, 6.45) is 3.51. The zero-order chi connectivity index (χ0) is 8.39. The number of rotatable bonds is 1. The van der Waals surface area contributed by atoms with E-state index in [9.17, 15) is 4.79 Å². The number of nitrogens with one attached hydrogen (secondary N) is 1. The molecular weight excluding hydrogens is 188 g/mol. The minimum absolute atomic E-state index is 0. The lowest BCUT2D eigenvalue weighted by Gasteiger charge is -2.34. The molecule has 2 rings (SSSR count). The molecule has 1 amide bonds. The van der Waals surface area contributed by atoms with E-state index in [1.807, 2.05) is 4.90 Å². The summed E-state index contributed by atoms with van der Waals surface area (Å²) in [5, 5.41) is 3.25. The fourth-order valence-electron chi connectivity index (χ4n) is 1.80. The Hall–Kier alpha value is -0.280. The van der Waals surface area contributed by atoms with Crippen LogP contribution in [0.4, 0.5) is 0 Å². The zero-order valence-electron chi connectivity index (χ0n) is 7.79. The number of carbonyl (C=O) groups excluding carboxylic acids is 1. The summed E-state index contributed by atoms with van der Waals surface area (Å²) in [6, 6.07) is 0. The molecule has 1 aliphatic carbocycles. The fourth-order valence-corrected chi connectivity index (χ4v) is 1.80. The SMILES string of the molecule is Cl.O=C(C1CCC1)N1CCNCC1. The fraction of sp³-hybridized carbons (Fsp3) is 0.889. The molecule has 2 aliphatic rings. The van der Waals surface area contributed by atoms with Crippen molar-refractivity contribution in [3.05, 3.63) is 0 Å². The summed E-state index contributed by atoms with van der Waals surface area (Å²) in [4.78, 5) is 13.7. The van der Waals surface area contributed by atoms with Gasteiger partial charge in [0.05, 0.1) is 0 Å². The summed E-state index contributed by atoms with van der Waals surface area (Å²) >= 11 is 0. The van der Waals surface area contributed by atoms with Crippen LogP contribution in [-0.4, -0.2) is 37.0 Å². The first-order chi connectivity index (χ1) is 5.88. The van der Waals surface area contributed by atoms with Gasteiger partial charge in [0.2, 0.25) is 5.91 Å². The van der Waals surface area contributed by atoms with Crippen LogP contribution in [0.1, 0.15) is 19.3 Å². The van der Waals surface area contributed by atoms with Gasteiger partial charge in [-0.2, -0.15) is 0 Å².